The Morgan fingerprint density at radius 1 is 1.43 bits per heavy atom. The number of furan rings is 1. The summed E-state index contributed by atoms with van der Waals surface area (Å²) < 4.78 is 5.22. The van der Waals surface area contributed by atoms with Crippen molar-refractivity contribution >= 4 is 0 Å². The summed E-state index contributed by atoms with van der Waals surface area (Å²) >= 11 is 0. The van der Waals surface area contributed by atoms with Gasteiger partial charge in [-0.3, -0.25) is 0 Å². The predicted molar refractivity (Wildman–Crippen MR) is 57.1 cm³/mol. The summed E-state index contributed by atoms with van der Waals surface area (Å²) in [6, 6.07) is 3.87. The lowest BCUT2D eigenvalue weighted by molar-refractivity contribution is 0.0537. The van der Waals surface area contributed by atoms with Crippen molar-refractivity contribution in [2.75, 3.05) is 0 Å². The smallest absolute Gasteiger partial charge is 0.103 e. The molecular formula is C12H20O2. The molecule has 1 heterocycles. The summed E-state index contributed by atoms with van der Waals surface area (Å²) in [7, 11) is 0. The van der Waals surface area contributed by atoms with Gasteiger partial charge in [0, 0.05) is 6.42 Å². The van der Waals surface area contributed by atoms with Crippen LogP contribution in [0.1, 0.15) is 39.4 Å². The number of hydrogen-bond acceptors (Lipinski definition) is 2. The van der Waals surface area contributed by atoms with Crippen LogP contribution < -0.4 is 0 Å². The first-order valence-corrected chi connectivity index (χ1v) is 5.20. The highest BCUT2D eigenvalue weighted by Gasteiger charge is 2.21. The average molecular weight is 196 g/mol. The summed E-state index contributed by atoms with van der Waals surface area (Å²) in [5.74, 6) is 1.01. The van der Waals surface area contributed by atoms with E-state index in [2.05, 4.69) is 20.8 Å². The van der Waals surface area contributed by atoms with Gasteiger partial charge in [-0.1, -0.05) is 20.8 Å². The summed E-state index contributed by atoms with van der Waals surface area (Å²) in [5, 5.41) is 9.78. The zero-order valence-corrected chi connectivity index (χ0v) is 9.29. The molecule has 1 unspecified atom stereocenters. The van der Waals surface area contributed by atoms with E-state index in [1.807, 2.05) is 12.1 Å². The van der Waals surface area contributed by atoms with E-state index in [0.29, 0.717) is 0 Å². The van der Waals surface area contributed by atoms with Crippen LogP contribution in [0.2, 0.25) is 0 Å². The molecule has 1 aromatic heterocycles. The molecule has 0 aromatic carbocycles. The van der Waals surface area contributed by atoms with Crippen LogP contribution in [0.5, 0.6) is 0 Å². The first-order chi connectivity index (χ1) is 6.50. The van der Waals surface area contributed by atoms with E-state index in [-0.39, 0.29) is 11.5 Å². The molecule has 0 spiro atoms. The maximum Gasteiger partial charge on any atom is 0.103 e. The van der Waals surface area contributed by atoms with Gasteiger partial charge in [0.1, 0.15) is 5.76 Å². The molecule has 2 heteroatoms. The van der Waals surface area contributed by atoms with Gasteiger partial charge in [-0.25, -0.2) is 0 Å². The zero-order valence-electron chi connectivity index (χ0n) is 9.29. The lowest BCUT2D eigenvalue weighted by atomic mass is 9.86. The quantitative estimate of drug-likeness (QED) is 0.803. The highest BCUT2D eigenvalue weighted by Crippen LogP contribution is 2.23. The van der Waals surface area contributed by atoms with Gasteiger partial charge in [0.15, 0.2) is 0 Å². The Bertz CT molecular complexity index is 244. The largest absolute Gasteiger partial charge is 0.469 e. The van der Waals surface area contributed by atoms with Crippen LogP contribution in [-0.4, -0.2) is 11.2 Å². The van der Waals surface area contributed by atoms with E-state index in [9.17, 15) is 5.11 Å². The van der Waals surface area contributed by atoms with Crippen LogP contribution in [-0.2, 0) is 6.42 Å². The molecular weight excluding hydrogens is 176 g/mol. The third kappa shape index (κ3) is 3.54. The van der Waals surface area contributed by atoms with E-state index < -0.39 is 0 Å². The van der Waals surface area contributed by atoms with E-state index in [0.717, 1.165) is 25.0 Å². The van der Waals surface area contributed by atoms with E-state index in [1.54, 1.807) is 6.26 Å². The third-order valence-electron chi connectivity index (χ3n) is 2.48. The van der Waals surface area contributed by atoms with Crippen molar-refractivity contribution < 1.29 is 9.52 Å². The Kier molecular flexibility index (Phi) is 3.76. The fraction of sp³-hybridized carbons (Fsp3) is 0.667. The molecule has 2 nitrogen and oxygen atoms in total. The number of aryl methyl sites for hydroxylation is 1. The van der Waals surface area contributed by atoms with Crippen molar-refractivity contribution in [3.63, 3.8) is 0 Å². The number of hydrogen-bond donors (Lipinski definition) is 1. The van der Waals surface area contributed by atoms with Crippen LogP contribution in [0.3, 0.4) is 0 Å². The molecule has 14 heavy (non-hydrogen) atoms. The maximum absolute atomic E-state index is 9.78. The Morgan fingerprint density at radius 2 is 2.14 bits per heavy atom. The second-order valence-electron chi connectivity index (χ2n) is 4.85. The molecule has 0 amide bonds. The normalized spacial score (nSPS) is 14.3. The van der Waals surface area contributed by atoms with Crippen LogP contribution in [0.4, 0.5) is 0 Å². The van der Waals surface area contributed by atoms with Gasteiger partial charge in [-0.05, 0) is 30.4 Å². The van der Waals surface area contributed by atoms with Crippen molar-refractivity contribution in [3.05, 3.63) is 24.2 Å². The van der Waals surface area contributed by atoms with Crippen LogP contribution >= 0.6 is 0 Å². The van der Waals surface area contributed by atoms with Crippen molar-refractivity contribution in [2.24, 2.45) is 5.41 Å². The molecule has 1 atom stereocenters. The van der Waals surface area contributed by atoms with E-state index in [1.165, 1.54) is 0 Å². The van der Waals surface area contributed by atoms with Crippen LogP contribution in [0.15, 0.2) is 22.8 Å². The van der Waals surface area contributed by atoms with Gasteiger partial charge in [0.2, 0.25) is 0 Å². The minimum Gasteiger partial charge on any atom is -0.469 e. The second-order valence-corrected chi connectivity index (χ2v) is 4.85. The lowest BCUT2D eigenvalue weighted by Crippen LogP contribution is -2.25. The Morgan fingerprint density at radius 3 is 2.64 bits per heavy atom. The summed E-state index contributed by atoms with van der Waals surface area (Å²) in [4.78, 5) is 0. The SMILES string of the molecule is CC(C)(C)C(O)CCCc1ccco1. The molecule has 1 aromatic rings. The minimum absolute atomic E-state index is 0.0107. The topological polar surface area (TPSA) is 33.4 Å². The second kappa shape index (κ2) is 4.65. The molecule has 0 radical (unpaired) electrons. The monoisotopic (exact) mass is 196 g/mol. The van der Waals surface area contributed by atoms with Gasteiger partial charge in [0.05, 0.1) is 12.4 Å². The fourth-order valence-corrected chi connectivity index (χ4v) is 1.36. The first kappa shape index (κ1) is 11.3. The highest BCUT2D eigenvalue weighted by molar-refractivity contribution is 4.97. The third-order valence-corrected chi connectivity index (χ3v) is 2.48. The molecule has 0 aliphatic carbocycles. The standard InChI is InChI=1S/C12H20O2/c1-12(2,3)11(13)8-4-6-10-7-5-9-14-10/h5,7,9,11,13H,4,6,8H2,1-3H3. The van der Waals surface area contributed by atoms with Crippen LogP contribution in [0, 0.1) is 5.41 Å². The molecule has 1 rings (SSSR count). The van der Waals surface area contributed by atoms with Gasteiger partial charge < -0.3 is 9.52 Å². The molecule has 0 bridgehead atoms. The summed E-state index contributed by atoms with van der Waals surface area (Å²) in [5.41, 5.74) is -0.0107. The van der Waals surface area contributed by atoms with Crippen molar-refractivity contribution in [1.29, 1.82) is 0 Å². The molecule has 0 saturated heterocycles. The van der Waals surface area contributed by atoms with Gasteiger partial charge in [0.25, 0.3) is 0 Å². The number of rotatable bonds is 4. The molecule has 0 fully saturated rings. The van der Waals surface area contributed by atoms with Crippen molar-refractivity contribution in [3.8, 4) is 0 Å². The first-order valence-electron chi connectivity index (χ1n) is 5.20. The predicted octanol–water partition coefficient (Wildman–Crippen LogP) is 3.01. The Hall–Kier alpha value is -0.760. The molecule has 1 N–H and O–H groups in total. The zero-order chi connectivity index (χ0) is 10.6. The van der Waals surface area contributed by atoms with Gasteiger partial charge in [-0.15, -0.1) is 0 Å². The van der Waals surface area contributed by atoms with E-state index in [4.69, 9.17) is 4.42 Å². The molecule has 0 saturated carbocycles. The lowest BCUT2D eigenvalue weighted by Gasteiger charge is -2.25. The van der Waals surface area contributed by atoms with Gasteiger partial charge >= 0.3 is 0 Å². The average Bonchev–Trinajstić information content (AvgIpc) is 2.55. The maximum atomic E-state index is 9.78. The molecule has 0 aliphatic rings. The molecule has 0 aliphatic heterocycles. The van der Waals surface area contributed by atoms with Crippen molar-refractivity contribution in [2.45, 2.75) is 46.1 Å². The number of aliphatic hydroxyl groups excluding tert-OH is 1. The van der Waals surface area contributed by atoms with Crippen molar-refractivity contribution in [1.82, 2.24) is 0 Å². The molecule has 80 valence electrons. The van der Waals surface area contributed by atoms with Gasteiger partial charge in [-0.2, -0.15) is 0 Å². The van der Waals surface area contributed by atoms with Crippen LogP contribution in [0.25, 0.3) is 0 Å². The Labute approximate surface area is 85.9 Å². The highest BCUT2D eigenvalue weighted by atomic mass is 16.3. The van der Waals surface area contributed by atoms with E-state index >= 15 is 0 Å². The number of aliphatic hydroxyl groups is 1. The Balaban J connectivity index is 2.22. The fourth-order valence-electron chi connectivity index (χ4n) is 1.36. The minimum atomic E-state index is -0.225. The summed E-state index contributed by atoms with van der Waals surface area (Å²) in [6.07, 6.45) is 4.20. The summed E-state index contributed by atoms with van der Waals surface area (Å²) in [6.45, 7) is 6.18.